The van der Waals surface area contributed by atoms with Gasteiger partial charge in [-0.3, -0.25) is 4.90 Å². The fraction of sp³-hybridized carbons (Fsp3) is 0.533. The quantitative estimate of drug-likeness (QED) is 0.780. The van der Waals surface area contributed by atoms with Crippen LogP contribution in [0.15, 0.2) is 30.3 Å². The summed E-state index contributed by atoms with van der Waals surface area (Å²) in [6.07, 6.45) is 0. The normalized spacial score (nSPS) is 17.8. The number of morpholine rings is 1. The zero-order chi connectivity index (χ0) is 13.3. The van der Waals surface area contributed by atoms with Crippen LogP contribution >= 0.6 is 0 Å². The van der Waals surface area contributed by atoms with E-state index in [0.717, 1.165) is 45.0 Å². The van der Waals surface area contributed by atoms with Crippen molar-refractivity contribution in [3.8, 4) is 6.07 Å². The fourth-order valence-corrected chi connectivity index (χ4v) is 2.23. The lowest BCUT2D eigenvalue weighted by atomic mass is 10.0. The maximum atomic E-state index is 9.21. The molecule has 1 fully saturated rings. The number of hydrogen-bond acceptors (Lipinski definition) is 4. The van der Waals surface area contributed by atoms with Crippen LogP contribution in [-0.4, -0.2) is 50.8 Å². The van der Waals surface area contributed by atoms with E-state index in [9.17, 15) is 5.26 Å². The molecule has 1 aliphatic heterocycles. The van der Waals surface area contributed by atoms with Crippen LogP contribution in [0.4, 0.5) is 0 Å². The Kier molecular flexibility index (Phi) is 5.83. The van der Waals surface area contributed by atoms with E-state index in [2.05, 4.69) is 16.3 Å². The molecule has 1 aromatic rings. The Morgan fingerprint density at radius 1 is 1.26 bits per heavy atom. The Morgan fingerprint density at radius 2 is 2.00 bits per heavy atom. The highest BCUT2D eigenvalue weighted by molar-refractivity contribution is 5.24. The Hall–Kier alpha value is -1.41. The molecule has 2 rings (SSSR count). The molecule has 19 heavy (non-hydrogen) atoms. The first-order chi connectivity index (χ1) is 9.40. The standard InChI is InChI=1S/C15H21N3O/c16-12-15(14-4-2-1-3-5-14)13-17-6-7-18-8-10-19-11-9-18/h1-5,15,17H,6-11,13H2. The summed E-state index contributed by atoms with van der Waals surface area (Å²) < 4.78 is 5.31. The van der Waals surface area contributed by atoms with Gasteiger partial charge in [-0.15, -0.1) is 0 Å². The van der Waals surface area contributed by atoms with E-state index in [1.165, 1.54) is 0 Å². The highest BCUT2D eigenvalue weighted by Crippen LogP contribution is 2.12. The highest BCUT2D eigenvalue weighted by atomic mass is 16.5. The second-order valence-corrected chi connectivity index (χ2v) is 4.75. The molecule has 4 nitrogen and oxygen atoms in total. The van der Waals surface area contributed by atoms with Gasteiger partial charge in [-0.25, -0.2) is 0 Å². The lowest BCUT2D eigenvalue weighted by Crippen LogP contribution is -2.40. The first-order valence-corrected chi connectivity index (χ1v) is 6.85. The van der Waals surface area contributed by atoms with Gasteiger partial charge in [-0.2, -0.15) is 5.26 Å². The largest absolute Gasteiger partial charge is 0.379 e. The molecule has 4 heteroatoms. The summed E-state index contributed by atoms with van der Waals surface area (Å²) in [4.78, 5) is 2.39. The summed E-state index contributed by atoms with van der Waals surface area (Å²) in [6, 6.07) is 12.3. The first kappa shape index (κ1) is 14.0. The van der Waals surface area contributed by atoms with Crippen molar-refractivity contribution in [2.24, 2.45) is 0 Å². The molecule has 1 atom stereocenters. The van der Waals surface area contributed by atoms with Crippen LogP contribution in [0.1, 0.15) is 11.5 Å². The summed E-state index contributed by atoms with van der Waals surface area (Å²) in [7, 11) is 0. The minimum absolute atomic E-state index is 0.0640. The van der Waals surface area contributed by atoms with Gasteiger partial charge in [0.25, 0.3) is 0 Å². The molecule has 0 spiro atoms. The van der Waals surface area contributed by atoms with Crippen LogP contribution in [0.5, 0.6) is 0 Å². The summed E-state index contributed by atoms with van der Waals surface area (Å²) in [5.41, 5.74) is 1.09. The van der Waals surface area contributed by atoms with Crippen molar-refractivity contribution in [2.45, 2.75) is 5.92 Å². The monoisotopic (exact) mass is 259 g/mol. The molecule has 0 saturated carbocycles. The molecule has 0 aliphatic carbocycles. The third-order valence-electron chi connectivity index (χ3n) is 3.41. The molecule has 0 amide bonds. The molecule has 0 bridgehead atoms. The molecule has 1 N–H and O–H groups in total. The Morgan fingerprint density at radius 3 is 2.68 bits per heavy atom. The number of hydrogen-bond donors (Lipinski definition) is 1. The SMILES string of the molecule is N#CC(CNCCN1CCOCC1)c1ccccc1. The van der Waals surface area contributed by atoms with Gasteiger partial charge in [0.2, 0.25) is 0 Å². The fourth-order valence-electron chi connectivity index (χ4n) is 2.23. The van der Waals surface area contributed by atoms with E-state index in [-0.39, 0.29) is 5.92 Å². The van der Waals surface area contributed by atoms with Gasteiger partial charge in [0.15, 0.2) is 0 Å². The summed E-state index contributed by atoms with van der Waals surface area (Å²) in [5.74, 6) is -0.0640. The highest BCUT2D eigenvalue weighted by Gasteiger charge is 2.11. The number of ether oxygens (including phenoxy) is 1. The van der Waals surface area contributed by atoms with Gasteiger partial charge in [0, 0.05) is 32.7 Å². The number of nitriles is 1. The van der Waals surface area contributed by atoms with E-state index in [4.69, 9.17) is 4.74 Å². The van der Waals surface area contributed by atoms with Crippen LogP contribution in [0, 0.1) is 11.3 Å². The average molecular weight is 259 g/mol. The smallest absolute Gasteiger partial charge is 0.0837 e. The maximum absolute atomic E-state index is 9.21. The van der Waals surface area contributed by atoms with Gasteiger partial charge < -0.3 is 10.1 Å². The third-order valence-corrected chi connectivity index (χ3v) is 3.41. The molecule has 1 aromatic carbocycles. The first-order valence-electron chi connectivity index (χ1n) is 6.85. The van der Waals surface area contributed by atoms with Gasteiger partial charge in [0.05, 0.1) is 25.2 Å². The number of rotatable bonds is 6. The van der Waals surface area contributed by atoms with Gasteiger partial charge in [0.1, 0.15) is 0 Å². The zero-order valence-electron chi connectivity index (χ0n) is 11.2. The molecular formula is C15H21N3O. The minimum Gasteiger partial charge on any atom is -0.379 e. The van der Waals surface area contributed by atoms with E-state index < -0.39 is 0 Å². The molecule has 0 aromatic heterocycles. The second kappa shape index (κ2) is 7.90. The van der Waals surface area contributed by atoms with Crippen LogP contribution in [0.2, 0.25) is 0 Å². The van der Waals surface area contributed by atoms with E-state index in [1.807, 2.05) is 30.3 Å². The Bertz CT molecular complexity index is 396. The van der Waals surface area contributed by atoms with Crippen molar-refractivity contribution in [3.63, 3.8) is 0 Å². The van der Waals surface area contributed by atoms with Gasteiger partial charge in [-0.05, 0) is 5.56 Å². The molecule has 0 radical (unpaired) electrons. The van der Waals surface area contributed by atoms with Crippen LogP contribution < -0.4 is 5.32 Å². The Balaban J connectivity index is 1.68. The van der Waals surface area contributed by atoms with Crippen molar-refractivity contribution in [1.29, 1.82) is 5.26 Å². The summed E-state index contributed by atoms with van der Waals surface area (Å²) in [6.45, 7) is 6.37. The third kappa shape index (κ3) is 4.64. The molecule has 1 aliphatic rings. The predicted octanol–water partition coefficient (Wildman–Crippen LogP) is 1.22. The average Bonchev–Trinajstić information content (AvgIpc) is 2.49. The summed E-state index contributed by atoms with van der Waals surface area (Å²) in [5, 5.41) is 12.6. The zero-order valence-corrected chi connectivity index (χ0v) is 11.2. The van der Waals surface area contributed by atoms with Gasteiger partial charge >= 0.3 is 0 Å². The Labute approximate surface area is 115 Å². The van der Waals surface area contributed by atoms with Crippen molar-refractivity contribution >= 4 is 0 Å². The van der Waals surface area contributed by atoms with E-state index in [1.54, 1.807) is 0 Å². The van der Waals surface area contributed by atoms with Crippen LogP contribution in [0.25, 0.3) is 0 Å². The lowest BCUT2D eigenvalue weighted by molar-refractivity contribution is 0.0384. The van der Waals surface area contributed by atoms with Crippen molar-refractivity contribution in [2.75, 3.05) is 45.9 Å². The molecule has 1 heterocycles. The minimum atomic E-state index is -0.0640. The molecule has 102 valence electrons. The topological polar surface area (TPSA) is 48.3 Å². The second-order valence-electron chi connectivity index (χ2n) is 4.75. The van der Waals surface area contributed by atoms with E-state index in [0.29, 0.717) is 6.54 Å². The molecule has 1 saturated heterocycles. The van der Waals surface area contributed by atoms with Crippen molar-refractivity contribution in [1.82, 2.24) is 10.2 Å². The van der Waals surface area contributed by atoms with E-state index >= 15 is 0 Å². The van der Waals surface area contributed by atoms with Crippen molar-refractivity contribution in [3.05, 3.63) is 35.9 Å². The van der Waals surface area contributed by atoms with Crippen LogP contribution in [0.3, 0.4) is 0 Å². The predicted molar refractivity (Wildman–Crippen MR) is 74.9 cm³/mol. The molecule has 1 unspecified atom stereocenters. The van der Waals surface area contributed by atoms with Crippen LogP contribution in [-0.2, 0) is 4.74 Å². The maximum Gasteiger partial charge on any atom is 0.0837 e. The lowest BCUT2D eigenvalue weighted by Gasteiger charge is -2.26. The number of benzene rings is 1. The van der Waals surface area contributed by atoms with Crippen molar-refractivity contribution < 1.29 is 4.74 Å². The summed E-state index contributed by atoms with van der Waals surface area (Å²) >= 11 is 0. The van der Waals surface area contributed by atoms with Gasteiger partial charge in [-0.1, -0.05) is 30.3 Å². The number of nitrogens with zero attached hydrogens (tertiary/aromatic N) is 2. The molecular weight excluding hydrogens is 238 g/mol. The number of nitrogens with one attached hydrogen (secondary N) is 1.